The molecule has 114 valence electrons. The van der Waals surface area contributed by atoms with Gasteiger partial charge in [-0.15, -0.1) is 0 Å². The van der Waals surface area contributed by atoms with Crippen LogP contribution in [-0.4, -0.2) is 17.2 Å². The van der Waals surface area contributed by atoms with Gasteiger partial charge in [-0.25, -0.2) is 0 Å². The standard InChI is InChI=1S/C18H31NO/c1-13(2)17-12-15(5)19(16(17)6)11-9-7-8-10-18(20)14(3)4/h13-14,17H,5-12H2,1-4H3. The SMILES string of the molecule is C=C1CC(C(C)C)C(=C)N1CCCCCC(=O)C(C)C. The molecule has 0 amide bonds. The number of carbonyl (C=O) groups is 1. The zero-order valence-electron chi connectivity index (χ0n) is 13.7. The third kappa shape index (κ3) is 4.50. The number of hydrogen-bond acceptors (Lipinski definition) is 2. The summed E-state index contributed by atoms with van der Waals surface area (Å²) in [5.41, 5.74) is 2.45. The predicted octanol–water partition coefficient (Wildman–Crippen LogP) is 4.78. The average molecular weight is 277 g/mol. The van der Waals surface area contributed by atoms with Gasteiger partial charge in [-0.1, -0.05) is 47.3 Å². The second kappa shape index (κ2) is 7.66. The molecule has 1 fully saturated rings. The number of ketones is 1. The maximum Gasteiger partial charge on any atom is 0.135 e. The Kier molecular flexibility index (Phi) is 6.51. The largest absolute Gasteiger partial charge is 0.349 e. The first kappa shape index (κ1) is 17.0. The van der Waals surface area contributed by atoms with E-state index in [4.69, 9.17) is 0 Å². The molecule has 1 aliphatic heterocycles. The maximum atomic E-state index is 11.5. The lowest BCUT2D eigenvalue weighted by atomic mass is 9.92. The van der Waals surface area contributed by atoms with Gasteiger partial charge in [-0.3, -0.25) is 4.79 Å². The summed E-state index contributed by atoms with van der Waals surface area (Å²) in [5.74, 6) is 1.76. The summed E-state index contributed by atoms with van der Waals surface area (Å²) in [6.07, 6.45) is 5.03. The highest BCUT2D eigenvalue weighted by molar-refractivity contribution is 5.80. The zero-order chi connectivity index (χ0) is 15.3. The van der Waals surface area contributed by atoms with Gasteiger partial charge in [0, 0.05) is 36.2 Å². The summed E-state index contributed by atoms with van der Waals surface area (Å²) in [7, 11) is 0. The summed E-state index contributed by atoms with van der Waals surface area (Å²) >= 11 is 0. The molecule has 0 aromatic carbocycles. The van der Waals surface area contributed by atoms with Crippen LogP contribution in [0.15, 0.2) is 24.6 Å². The summed E-state index contributed by atoms with van der Waals surface area (Å²) < 4.78 is 0. The topological polar surface area (TPSA) is 20.3 Å². The van der Waals surface area contributed by atoms with Crippen molar-refractivity contribution in [3.63, 3.8) is 0 Å². The lowest BCUT2D eigenvalue weighted by Gasteiger charge is -2.23. The molecule has 1 rings (SSSR count). The van der Waals surface area contributed by atoms with Crippen LogP contribution in [0, 0.1) is 17.8 Å². The number of likely N-dealkylation sites (tertiary alicyclic amines) is 1. The van der Waals surface area contributed by atoms with E-state index in [9.17, 15) is 4.79 Å². The number of unbranched alkanes of at least 4 members (excludes halogenated alkanes) is 2. The molecule has 2 nitrogen and oxygen atoms in total. The van der Waals surface area contributed by atoms with E-state index in [2.05, 4.69) is 31.9 Å². The molecule has 0 aliphatic carbocycles. The van der Waals surface area contributed by atoms with Crippen molar-refractivity contribution in [3.05, 3.63) is 24.6 Å². The fraction of sp³-hybridized carbons (Fsp3) is 0.722. The van der Waals surface area contributed by atoms with Gasteiger partial charge in [0.05, 0.1) is 0 Å². The third-order valence-corrected chi connectivity index (χ3v) is 4.37. The van der Waals surface area contributed by atoms with Crippen molar-refractivity contribution in [2.75, 3.05) is 6.54 Å². The maximum absolute atomic E-state index is 11.5. The highest BCUT2D eigenvalue weighted by atomic mass is 16.1. The second-order valence-corrected chi connectivity index (χ2v) is 6.70. The fourth-order valence-corrected chi connectivity index (χ4v) is 2.84. The monoisotopic (exact) mass is 277 g/mol. The molecule has 0 aromatic rings. The fourth-order valence-electron chi connectivity index (χ4n) is 2.84. The van der Waals surface area contributed by atoms with Crippen LogP contribution >= 0.6 is 0 Å². The molecule has 0 radical (unpaired) electrons. The first-order valence-electron chi connectivity index (χ1n) is 8.01. The Hall–Kier alpha value is -1.05. The molecule has 1 unspecified atom stereocenters. The van der Waals surface area contributed by atoms with Crippen LogP contribution in [0.3, 0.4) is 0 Å². The van der Waals surface area contributed by atoms with E-state index >= 15 is 0 Å². The van der Waals surface area contributed by atoms with Gasteiger partial charge in [-0.05, 0) is 25.2 Å². The molecule has 1 atom stereocenters. The molecular formula is C18H31NO. The lowest BCUT2D eigenvalue weighted by molar-refractivity contribution is -0.122. The van der Waals surface area contributed by atoms with Crippen molar-refractivity contribution in [2.24, 2.45) is 17.8 Å². The summed E-state index contributed by atoms with van der Waals surface area (Å²) in [6, 6.07) is 0. The quantitative estimate of drug-likeness (QED) is 0.595. The number of nitrogens with zero attached hydrogens (tertiary/aromatic N) is 1. The minimum atomic E-state index is 0.180. The van der Waals surface area contributed by atoms with Crippen molar-refractivity contribution in [1.82, 2.24) is 4.90 Å². The van der Waals surface area contributed by atoms with Crippen LogP contribution in [0.2, 0.25) is 0 Å². The van der Waals surface area contributed by atoms with Crippen LogP contribution in [0.5, 0.6) is 0 Å². The highest BCUT2D eigenvalue weighted by Crippen LogP contribution is 2.38. The van der Waals surface area contributed by atoms with Gasteiger partial charge in [0.2, 0.25) is 0 Å². The molecular weight excluding hydrogens is 246 g/mol. The van der Waals surface area contributed by atoms with Crippen LogP contribution in [0.1, 0.15) is 59.8 Å². The van der Waals surface area contributed by atoms with E-state index in [1.165, 1.54) is 11.4 Å². The summed E-state index contributed by atoms with van der Waals surface area (Å²) in [6.45, 7) is 17.9. The summed E-state index contributed by atoms with van der Waals surface area (Å²) in [5, 5.41) is 0. The molecule has 1 heterocycles. The Bertz CT molecular complexity index is 368. The zero-order valence-corrected chi connectivity index (χ0v) is 13.7. The molecule has 0 saturated carbocycles. The van der Waals surface area contributed by atoms with E-state index in [1.807, 2.05) is 13.8 Å². The number of carbonyl (C=O) groups excluding carboxylic acids is 1. The minimum absolute atomic E-state index is 0.180. The Morgan fingerprint density at radius 1 is 1.20 bits per heavy atom. The van der Waals surface area contributed by atoms with Gasteiger partial charge in [-0.2, -0.15) is 0 Å². The molecule has 1 aliphatic rings. The van der Waals surface area contributed by atoms with Crippen LogP contribution in [-0.2, 0) is 4.79 Å². The van der Waals surface area contributed by atoms with Gasteiger partial charge in [0.25, 0.3) is 0 Å². The highest BCUT2D eigenvalue weighted by Gasteiger charge is 2.30. The van der Waals surface area contributed by atoms with Crippen LogP contribution in [0.4, 0.5) is 0 Å². The smallest absolute Gasteiger partial charge is 0.135 e. The van der Waals surface area contributed by atoms with Gasteiger partial charge in [0.1, 0.15) is 5.78 Å². The number of hydrogen-bond donors (Lipinski definition) is 0. The van der Waals surface area contributed by atoms with E-state index in [1.54, 1.807) is 0 Å². The van der Waals surface area contributed by atoms with E-state index in [0.29, 0.717) is 17.6 Å². The Morgan fingerprint density at radius 3 is 2.35 bits per heavy atom. The van der Waals surface area contributed by atoms with Crippen molar-refractivity contribution in [3.8, 4) is 0 Å². The van der Waals surface area contributed by atoms with Crippen molar-refractivity contribution in [2.45, 2.75) is 59.8 Å². The van der Waals surface area contributed by atoms with Crippen LogP contribution in [0.25, 0.3) is 0 Å². The third-order valence-electron chi connectivity index (χ3n) is 4.37. The minimum Gasteiger partial charge on any atom is -0.349 e. The number of rotatable bonds is 8. The first-order chi connectivity index (χ1) is 9.34. The van der Waals surface area contributed by atoms with Gasteiger partial charge in [0.15, 0.2) is 0 Å². The first-order valence-corrected chi connectivity index (χ1v) is 8.01. The van der Waals surface area contributed by atoms with E-state index < -0.39 is 0 Å². The molecule has 2 heteroatoms. The Balaban J connectivity index is 2.27. The number of allylic oxidation sites excluding steroid dienone is 2. The number of Topliss-reactive ketones (excluding diaryl/α,β-unsaturated/α-hetero) is 1. The molecule has 0 N–H and O–H groups in total. The van der Waals surface area contributed by atoms with E-state index in [0.717, 1.165) is 38.6 Å². The molecule has 20 heavy (non-hydrogen) atoms. The van der Waals surface area contributed by atoms with Crippen molar-refractivity contribution >= 4 is 5.78 Å². The normalized spacial score (nSPS) is 19.5. The van der Waals surface area contributed by atoms with Gasteiger partial charge < -0.3 is 4.90 Å². The second-order valence-electron chi connectivity index (χ2n) is 6.70. The van der Waals surface area contributed by atoms with Gasteiger partial charge >= 0.3 is 0 Å². The Labute approximate surface area is 124 Å². The average Bonchev–Trinajstić information content (AvgIpc) is 2.65. The van der Waals surface area contributed by atoms with Crippen molar-refractivity contribution < 1.29 is 4.79 Å². The molecule has 0 bridgehead atoms. The molecule has 0 aromatic heterocycles. The van der Waals surface area contributed by atoms with E-state index in [-0.39, 0.29) is 5.92 Å². The summed E-state index contributed by atoms with van der Waals surface area (Å²) in [4.78, 5) is 13.8. The molecule has 0 spiro atoms. The predicted molar refractivity (Wildman–Crippen MR) is 86.2 cm³/mol. The lowest BCUT2D eigenvalue weighted by Crippen LogP contribution is -2.19. The molecule has 1 saturated heterocycles. The Morgan fingerprint density at radius 2 is 1.85 bits per heavy atom. The van der Waals surface area contributed by atoms with Crippen LogP contribution < -0.4 is 0 Å². The van der Waals surface area contributed by atoms with Crippen molar-refractivity contribution in [1.29, 1.82) is 0 Å².